The second-order valence-corrected chi connectivity index (χ2v) is 3.06. The number of benzene rings is 1. The Labute approximate surface area is 114 Å². The maximum absolute atomic E-state index is 9.08. The van der Waals surface area contributed by atoms with Gasteiger partial charge in [-0.3, -0.25) is 9.98 Å². The first-order valence-electron chi connectivity index (χ1n) is 4.95. The van der Waals surface area contributed by atoms with E-state index in [1.54, 1.807) is 42.9 Å². The quantitative estimate of drug-likeness (QED) is 0.516. The van der Waals surface area contributed by atoms with Crippen LogP contribution in [0.5, 0.6) is 5.75 Å². The van der Waals surface area contributed by atoms with Crippen molar-refractivity contribution in [2.45, 2.75) is 0 Å². The molecule has 0 aliphatic rings. The molecular formula is C13H13IN2O. The molecule has 0 fully saturated rings. The predicted molar refractivity (Wildman–Crippen MR) is 79.5 cm³/mol. The Morgan fingerprint density at radius 1 is 1.06 bits per heavy atom. The Morgan fingerprint density at radius 3 is 2.24 bits per heavy atom. The number of nitrogens with zero attached hydrogens (tertiary/aromatic N) is 2. The molecule has 17 heavy (non-hydrogen) atoms. The lowest BCUT2D eigenvalue weighted by atomic mass is 10.3. The number of pyridine rings is 1. The van der Waals surface area contributed by atoms with Crippen LogP contribution in [-0.4, -0.2) is 21.2 Å². The third kappa shape index (κ3) is 4.95. The monoisotopic (exact) mass is 340 g/mol. The zero-order chi connectivity index (χ0) is 12.5. The first-order chi connectivity index (χ1) is 8.34. The van der Waals surface area contributed by atoms with E-state index in [9.17, 15) is 0 Å². The highest BCUT2D eigenvalue weighted by Crippen LogP contribution is 2.16. The van der Waals surface area contributed by atoms with Crippen molar-refractivity contribution in [3.05, 3.63) is 54.4 Å². The average Bonchev–Trinajstić information content (AvgIpc) is 2.42. The summed E-state index contributed by atoms with van der Waals surface area (Å²) in [5.74, 6) is 0.248. The molecule has 1 N–H and O–H groups in total. The highest BCUT2D eigenvalue weighted by Gasteiger charge is 1.89. The van der Waals surface area contributed by atoms with Gasteiger partial charge in [0.1, 0.15) is 5.75 Å². The number of alkyl halides is 1. The fraction of sp³-hybridized carbons (Fsp3) is 0.0769. The van der Waals surface area contributed by atoms with Crippen LogP contribution in [-0.2, 0) is 0 Å². The molecule has 4 heteroatoms. The molecule has 0 atom stereocenters. The first-order valence-corrected chi connectivity index (χ1v) is 7.11. The maximum atomic E-state index is 9.08. The fourth-order valence-corrected chi connectivity index (χ4v) is 1.14. The average molecular weight is 340 g/mol. The van der Waals surface area contributed by atoms with E-state index in [4.69, 9.17) is 5.11 Å². The number of phenols is 1. The third-order valence-corrected chi connectivity index (χ3v) is 1.92. The molecule has 0 unspecified atom stereocenters. The predicted octanol–water partition coefficient (Wildman–Crippen LogP) is 3.59. The summed E-state index contributed by atoms with van der Waals surface area (Å²) in [6.07, 6.45) is 5.20. The summed E-state index contributed by atoms with van der Waals surface area (Å²) >= 11 is 2.15. The zero-order valence-electron chi connectivity index (χ0n) is 9.42. The van der Waals surface area contributed by atoms with Crippen molar-refractivity contribution >= 4 is 34.5 Å². The summed E-state index contributed by atoms with van der Waals surface area (Å²) in [4.78, 5) is 10.1. The Balaban J connectivity index is 0.000000686. The van der Waals surface area contributed by atoms with Gasteiger partial charge in [-0.05, 0) is 46.9 Å². The molecule has 2 aromatic rings. The summed E-state index contributed by atoms with van der Waals surface area (Å²) in [6.45, 7) is 0. The number of hydrogen-bond donors (Lipinski definition) is 1. The van der Waals surface area contributed by atoms with Gasteiger partial charge in [-0.15, -0.1) is 0 Å². The van der Waals surface area contributed by atoms with E-state index >= 15 is 0 Å². The van der Waals surface area contributed by atoms with Gasteiger partial charge in [0, 0.05) is 18.6 Å². The largest absolute Gasteiger partial charge is 0.508 e. The Hall–Kier alpha value is -1.43. The standard InChI is InChI=1S/C12H10N2O.CH3I/c15-12-3-1-11(2-4-12)14-9-10-5-7-13-8-6-10;1-2/h1-9,15H;1H3/b14-9+;. The zero-order valence-corrected chi connectivity index (χ0v) is 11.6. The van der Waals surface area contributed by atoms with Gasteiger partial charge in [-0.2, -0.15) is 0 Å². The van der Waals surface area contributed by atoms with Gasteiger partial charge in [0.15, 0.2) is 0 Å². The molecule has 2 rings (SSSR count). The lowest BCUT2D eigenvalue weighted by molar-refractivity contribution is 0.475. The van der Waals surface area contributed by atoms with Gasteiger partial charge in [-0.25, -0.2) is 0 Å². The molecule has 1 heterocycles. The van der Waals surface area contributed by atoms with Crippen LogP contribution in [0, 0.1) is 0 Å². The third-order valence-electron chi connectivity index (χ3n) is 1.92. The van der Waals surface area contributed by atoms with Crippen LogP contribution >= 0.6 is 22.6 Å². The van der Waals surface area contributed by atoms with Crippen molar-refractivity contribution in [1.82, 2.24) is 4.98 Å². The lowest BCUT2D eigenvalue weighted by Gasteiger charge is -1.94. The van der Waals surface area contributed by atoms with Gasteiger partial charge in [-0.1, -0.05) is 22.6 Å². The molecule has 88 valence electrons. The second-order valence-electron chi connectivity index (χ2n) is 3.06. The minimum atomic E-state index is 0.248. The minimum absolute atomic E-state index is 0.248. The molecule has 0 amide bonds. The van der Waals surface area contributed by atoms with Gasteiger partial charge in [0.2, 0.25) is 0 Å². The number of aromatic nitrogens is 1. The first kappa shape index (κ1) is 13.6. The summed E-state index contributed by atoms with van der Waals surface area (Å²) in [5, 5.41) is 9.08. The molecule has 0 spiro atoms. The van der Waals surface area contributed by atoms with Crippen molar-refractivity contribution in [1.29, 1.82) is 0 Å². The van der Waals surface area contributed by atoms with Crippen LogP contribution in [0.15, 0.2) is 53.8 Å². The highest BCUT2D eigenvalue weighted by molar-refractivity contribution is 14.1. The Morgan fingerprint density at radius 2 is 1.65 bits per heavy atom. The number of phenolic OH excluding ortho intramolecular Hbond substituents is 1. The van der Waals surface area contributed by atoms with Gasteiger partial charge >= 0.3 is 0 Å². The number of rotatable bonds is 2. The van der Waals surface area contributed by atoms with E-state index < -0.39 is 0 Å². The summed E-state index contributed by atoms with van der Waals surface area (Å²) < 4.78 is 0. The molecule has 0 aliphatic carbocycles. The molecule has 3 nitrogen and oxygen atoms in total. The summed E-state index contributed by atoms with van der Waals surface area (Å²) in [5.41, 5.74) is 1.81. The second kappa shape index (κ2) is 7.78. The van der Waals surface area contributed by atoms with Crippen molar-refractivity contribution in [3.8, 4) is 5.75 Å². The summed E-state index contributed by atoms with van der Waals surface area (Å²) in [7, 11) is 0. The number of hydrogen-bond acceptors (Lipinski definition) is 3. The van der Waals surface area contributed by atoms with E-state index in [0.717, 1.165) is 11.3 Å². The molecule has 0 bridgehead atoms. The van der Waals surface area contributed by atoms with E-state index in [1.807, 2.05) is 17.1 Å². The number of halogens is 1. The van der Waals surface area contributed by atoms with Crippen LogP contribution in [0.3, 0.4) is 0 Å². The van der Waals surface area contributed by atoms with Crippen LogP contribution in [0.2, 0.25) is 0 Å². The van der Waals surface area contributed by atoms with Crippen molar-refractivity contribution in [3.63, 3.8) is 0 Å². The SMILES string of the molecule is CI.Oc1ccc(/N=C/c2ccncc2)cc1. The van der Waals surface area contributed by atoms with E-state index in [2.05, 4.69) is 32.6 Å². The molecular weight excluding hydrogens is 327 g/mol. The van der Waals surface area contributed by atoms with Gasteiger partial charge < -0.3 is 5.11 Å². The molecule has 0 aliphatic heterocycles. The smallest absolute Gasteiger partial charge is 0.115 e. The molecule has 0 saturated carbocycles. The molecule has 0 radical (unpaired) electrons. The molecule has 0 saturated heterocycles. The maximum Gasteiger partial charge on any atom is 0.115 e. The number of aliphatic imine (C=N–C) groups is 1. The topological polar surface area (TPSA) is 45.5 Å². The highest BCUT2D eigenvalue weighted by atomic mass is 127. The normalized spacial score (nSPS) is 9.76. The van der Waals surface area contributed by atoms with Gasteiger partial charge in [0.25, 0.3) is 0 Å². The Kier molecular flexibility index (Phi) is 6.24. The van der Waals surface area contributed by atoms with Crippen LogP contribution < -0.4 is 0 Å². The lowest BCUT2D eigenvalue weighted by Crippen LogP contribution is -1.79. The molecule has 1 aromatic heterocycles. The van der Waals surface area contributed by atoms with Crippen LogP contribution in [0.4, 0.5) is 5.69 Å². The Bertz CT molecular complexity index is 455. The van der Waals surface area contributed by atoms with Crippen molar-refractivity contribution < 1.29 is 5.11 Å². The van der Waals surface area contributed by atoms with E-state index in [1.165, 1.54) is 0 Å². The fourth-order valence-electron chi connectivity index (χ4n) is 1.14. The van der Waals surface area contributed by atoms with Crippen molar-refractivity contribution in [2.24, 2.45) is 4.99 Å². The molecule has 1 aromatic carbocycles. The summed E-state index contributed by atoms with van der Waals surface area (Å²) in [6, 6.07) is 10.5. The number of aromatic hydroxyl groups is 1. The van der Waals surface area contributed by atoms with Crippen LogP contribution in [0.25, 0.3) is 0 Å². The van der Waals surface area contributed by atoms with Gasteiger partial charge in [0.05, 0.1) is 5.69 Å². The van der Waals surface area contributed by atoms with Crippen molar-refractivity contribution in [2.75, 3.05) is 4.93 Å². The van der Waals surface area contributed by atoms with Crippen LogP contribution in [0.1, 0.15) is 5.56 Å². The minimum Gasteiger partial charge on any atom is -0.508 e. The van der Waals surface area contributed by atoms with E-state index in [0.29, 0.717) is 0 Å². The van der Waals surface area contributed by atoms with E-state index in [-0.39, 0.29) is 5.75 Å².